The average Bonchev–Trinajstić information content (AvgIpc) is 3.35. The van der Waals surface area contributed by atoms with Gasteiger partial charge < -0.3 is 15.0 Å². The summed E-state index contributed by atoms with van der Waals surface area (Å²) in [4.78, 5) is 24.9. The van der Waals surface area contributed by atoms with Gasteiger partial charge in [-0.15, -0.1) is 0 Å². The van der Waals surface area contributed by atoms with Gasteiger partial charge >= 0.3 is 0 Å². The summed E-state index contributed by atoms with van der Waals surface area (Å²) in [6.45, 7) is 3.24. The van der Waals surface area contributed by atoms with Crippen molar-refractivity contribution in [3.05, 3.63) is 75.2 Å². The maximum absolute atomic E-state index is 13.5. The first-order valence-corrected chi connectivity index (χ1v) is 12.0. The molecule has 2 aromatic carbocycles. The number of rotatable bonds is 4. The Hall–Kier alpha value is -3.92. The molecule has 9 nitrogen and oxygen atoms in total. The molecule has 0 radical (unpaired) electrons. The van der Waals surface area contributed by atoms with Crippen molar-refractivity contribution < 1.29 is 4.74 Å². The number of pyridine rings is 1. The average molecular weight is 532 g/mol. The lowest BCUT2D eigenvalue weighted by Crippen LogP contribution is -2.41. The molecule has 0 saturated carbocycles. The van der Waals surface area contributed by atoms with Crippen LogP contribution in [0.3, 0.4) is 0 Å². The van der Waals surface area contributed by atoms with E-state index in [-0.39, 0.29) is 11.7 Å². The number of aromatic amines is 1. The van der Waals surface area contributed by atoms with Gasteiger partial charge in [0.25, 0.3) is 5.56 Å². The summed E-state index contributed by atoms with van der Waals surface area (Å²) in [5, 5.41) is 11.5. The summed E-state index contributed by atoms with van der Waals surface area (Å²) in [6, 6.07) is 13.8. The monoisotopic (exact) mass is 531 g/mol. The quantitative estimate of drug-likeness (QED) is 0.361. The lowest BCUT2D eigenvalue weighted by Gasteiger charge is -2.33. The second-order valence-electron chi connectivity index (χ2n) is 8.64. The second-order valence-corrected chi connectivity index (χ2v) is 9.50. The van der Waals surface area contributed by atoms with E-state index >= 15 is 0 Å². The van der Waals surface area contributed by atoms with Crippen molar-refractivity contribution in [2.75, 3.05) is 30.4 Å². The van der Waals surface area contributed by atoms with Crippen molar-refractivity contribution in [2.45, 2.75) is 13.0 Å². The SMILES string of the molecule is Cc1ccc(-n2c(=O)c3c[nH]nc3c3cnc(NCC4CN(C)c5ccccc5O4)nc32)c(Br)c1. The number of halogens is 1. The molecule has 10 heteroatoms. The number of likely N-dealkylation sites (N-methyl/N-ethyl adjacent to an activating group) is 1. The molecular weight excluding hydrogens is 510 g/mol. The van der Waals surface area contributed by atoms with Gasteiger partial charge in [0, 0.05) is 23.9 Å². The van der Waals surface area contributed by atoms with Crippen LogP contribution < -0.4 is 20.5 Å². The molecule has 6 rings (SSSR count). The van der Waals surface area contributed by atoms with Crippen molar-refractivity contribution in [1.29, 1.82) is 0 Å². The minimum atomic E-state index is -0.204. The van der Waals surface area contributed by atoms with Crippen LogP contribution >= 0.6 is 15.9 Å². The van der Waals surface area contributed by atoms with Gasteiger partial charge in [-0.25, -0.2) is 4.98 Å². The maximum Gasteiger partial charge on any atom is 0.267 e. The molecule has 35 heavy (non-hydrogen) atoms. The third kappa shape index (κ3) is 3.70. The van der Waals surface area contributed by atoms with Crippen LogP contribution in [-0.2, 0) is 0 Å². The van der Waals surface area contributed by atoms with Crippen LogP contribution in [0, 0.1) is 6.92 Å². The number of hydrogen-bond acceptors (Lipinski definition) is 7. The number of aryl methyl sites for hydroxylation is 1. The number of fused-ring (bicyclic) bond motifs is 4. The fourth-order valence-corrected chi connectivity index (χ4v) is 5.16. The van der Waals surface area contributed by atoms with E-state index in [9.17, 15) is 4.79 Å². The molecule has 4 heterocycles. The van der Waals surface area contributed by atoms with Gasteiger partial charge in [-0.3, -0.25) is 14.5 Å². The van der Waals surface area contributed by atoms with E-state index in [1.807, 2.05) is 56.4 Å². The van der Waals surface area contributed by atoms with E-state index in [0.717, 1.165) is 28.0 Å². The minimum Gasteiger partial charge on any atom is -0.485 e. The molecule has 1 unspecified atom stereocenters. The molecule has 0 bridgehead atoms. The highest BCUT2D eigenvalue weighted by Gasteiger charge is 2.23. The topological polar surface area (TPSA) is 101 Å². The van der Waals surface area contributed by atoms with Crippen LogP contribution in [-0.4, -0.2) is 51.0 Å². The van der Waals surface area contributed by atoms with E-state index in [1.165, 1.54) is 0 Å². The molecule has 176 valence electrons. The minimum absolute atomic E-state index is 0.0866. The van der Waals surface area contributed by atoms with Crippen LogP contribution in [0.15, 0.2) is 64.1 Å². The largest absolute Gasteiger partial charge is 0.485 e. The van der Waals surface area contributed by atoms with E-state index in [4.69, 9.17) is 9.72 Å². The number of para-hydroxylation sites is 2. The van der Waals surface area contributed by atoms with Crippen molar-refractivity contribution in [3.63, 3.8) is 0 Å². The van der Waals surface area contributed by atoms with Crippen LogP contribution in [0.1, 0.15) is 5.56 Å². The number of nitrogens with one attached hydrogen (secondary N) is 2. The number of H-pyrrole nitrogens is 1. The Labute approximate surface area is 208 Å². The molecular formula is C25H22BrN7O2. The number of ether oxygens (including phenoxy) is 1. The zero-order chi connectivity index (χ0) is 24.1. The highest BCUT2D eigenvalue weighted by atomic mass is 79.9. The fourth-order valence-electron chi connectivity index (χ4n) is 4.49. The molecule has 0 amide bonds. The van der Waals surface area contributed by atoms with E-state index in [0.29, 0.717) is 40.1 Å². The van der Waals surface area contributed by atoms with Crippen molar-refractivity contribution in [2.24, 2.45) is 0 Å². The first kappa shape index (κ1) is 21.6. The number of nitrogens with zero attached hydrogens (tertiary/aromatic N) is 5. The third-order valence-corrected chi connectivity index (χ3v) is 6.82. The van der Waals surface area contributed by atoms with Gasteiger partial charge in [-0.05, 0) is 52.7 Å². The first-order valence-electron chi connectivity index (χ1n) is 11.2. The molecule has 0 fully saturated rings. The number of anilines is 2. The lowest BCUT2D eigenvalue weighted by molar-refractivity contribution is 0.208. The maximum atomic E-state index is 13.5. The highest BCUT2D eigenvalue weighted by Crippen LogP contribution is 2.32. The zero-order valence-corrected chi connectivity index (χ0v) is 20.7. The molecule has 0 aliphatic carbocycles. The molecule has 1 aliphatic heterocycles. The normalized spacial score (nSPS) is 15.3. The van der Waals surface area contributed by atoms with Gasteiger partial charge in [0.15, 0.2) is 5.65 Å². The summed E-state index contributed by atoms with van der Waals surface area (Å²) in [6.07, 6.45) is 3.22. The third-order valence-electron chi connectivity index (χ3n) is 6.19. The Balaban J connectivity index is 1.39. The Bertz CT molecular complexity index is 1640. The van der Waals surface area contributed by atoms with E-state index in [2.05, 4.69) is 41.3 Å². The fraction of sp³-hybridized carbons (Fsp3) is 0.200. The Kier molecular flexibility index (Phi) is 5.18. The van der Waals surface area contributed by atoms with Gasteiger partial charge in [-0.2, -0.15) is 10.1 Å². The van der Waals surface area contributed by atoms with Crippen molar-refractivity contribution >= 4 is 49.5 Å². The number of aromatic nitrogens is 5. The van der Waals surface area contributed by atoms with Crippen LogP contribution in [0.2, 0.25) is 0 Å². The Morgan fingerprint density at radius 1 is 1.20 bits per heavy atom. The smallest absolute Gasteiger partial charge is 0.267 e. The summed E-state index contributed by atoms with van der Waals surface area (Å²) in [5.74, 6) is 1.26. The predicted octanol–water partition coefficient (Wildman–Crippen LogP) is 4.04. The van der Waals surface area contributed by atoms with Gasteiger partial charge in [0.2, 0.25) is 5.95 Å². The van der Waals surface area contributed by atoms with Gasteiger partial charge in [-0.1, -0.05) is 18.2 Å². The molecule has 1 atom stereocenters. The summed E-state index contributed by atoms with van der Waals surface area (Å²) < 4.78 is 8.56. The molecule has 3 aromatic heterocycles. The summed E-state index contributed by atoms with van der Waals surface area (Å²) >= 11 is 3.62. The second kappa shape index (κ2) is 8.38. The number of hydrogen-bond donors (Lipinski definition) is 2. The molecule has 0 spiro atoms. The summed E-state index contributed by atoms with van der Waals surface area (Å²) in [5.41, 5.74) is 3.67. The van der Waals surface area contributed by atoms with E-state index in [1.54, 1.807) is 17.0 Å². The first-order chi connectivity index (χ1) is 17.0. The van der Waals surface area contributed by atoms with Crippen molar-refractivity contribution in [1.82, 2.24) is 24.7 Å². The van der Waals surface area contributed by atoms with Crippen molar-refractivity contribution in [3.8, 4) is 11.4 Å². The lowest BCUT2D eigenvalue weighted by atomic mass is 10.2. The Morgan fingerprint density at radius 3 is 2.91 bits per heavy atom. The predicted molar refractivity (Wildman–Crippen MR) is 140 cm³/mol. The molecule has 1 aliphatic rings. The van der Waals surface area contributed by atoms with E-state index < -0.39 is 0 Å². The summed E-state index contributed by atoms with van der Waals surface area (Å²) in [7, 11) is 2.05. The molecule has 5 aromatic rings. The standard InChI is InChI=1S/C25H22BrN7O2/c1-14-7-8-19(18(26)9-14)33-23-16(22-17(24(33)34)12-29-31-22)11-28-25(30-23)27-10-15-13-32(2)20-5-3-4-6-21(20)35-15/h3-9,11-12,15H,10,13H2,1-2H3,(H,29,31)(H,27,28,30). The van der Waals surface area contributed by atoms with Gasteiger partial charge in [0.05, 0.1) is 35.2 Å². The number of benzene rings is 2. The Morgan fingerprint density at radius 2 is 2.06 bits per heavy atom. The van der Waals surface area contributed by atoms with Crippen LogP contribution in [0.5, 0.6) is 5.75 Å². The molecule has 0 saturated heterocycles. The van der Waals surface area contributed by atoms with Crippen LogP contribution in [0.4, 0.5) is 11.6 Å². The van der Waals surface area contributed by atoms with Crippen LogP contribution in [0.25, 0.3) is 27.6 Å². The zero-order valence-electron chi connectivity index (χ0n) is 19.1. The highest BCUT2D eigenvalue weighted by molar-refractivity contribution is 9.10. The molecule has 2 N–H and O–H groups in total. The van der Waals surface area contributed by atoms with Gasteiger partial charge in [0.1, 0.15) is 17.4 Å².